The fourth-order valence-electron chi connectivity index (χ4n) is 2.75. The molecule has 0 aromatic heterocycles. The number of nitrogens with one attached hydrogen (secondary N) is 1. The summed E-state index contributed by atoms with van der Waals surface area (Å²) in [5.74, 6) is -0.659. The van der Waals surface area contributed by atoms with Gasteiger partial charge in [0.05, 0.1) is 18.1 Å². The molecule has 0 aliphatic rings. The Bertz CT molecular complexity index is 686. The first kappa shape index (κ1) is 19.1. The maximum atomic E-state index is 12.9. The molecule has 3 unspecified atom stereocenters. The van der Waals surface area contributed by atoms with Crippen LogP contribution in [-0.2, 0) is 10.4 Å². The van der Waals surface area contributed by atoms with Gasteiger partial charge in [-0.2, -0.15) is 0 Å². The molecule has 134 valence electrons. The smallest absolute Gasteiger partial charge is 0.223 e. The predicted octanol–water partition coefficient (Wildman–Crippen LogP) is 3.05. The van der Waals surface area contributed by atoms with E-state index in [9.17, 15) is 19.4 Å². The molecule has 2 aromatic carbocycles. The lowest BCUT2D eigenvalue weighted by Crippen LogP contribution is -2.38. The van der Waals surface area contributed by atoms with Gasteiger partial charge in [0.15, 0.2) is 0 Å². The summed E-state index contributed by atoms with van der Waals surface area (Å²) in [6.07, 6.45) is -0.579. The van der Waals surface area contributed by atoms with Gasteiger partial charge in [-0.05, 0) is 43.5 Å². The summed E-state index contributed by atoms with van der Waals surface area (Å²) in [4.78, 5) is 12.2. The molecule has 5 heteroatoms. The number of aliphatic hydroxyl groups is 2. The summed E-state index contributed by atoms with van der Waals surface area (Å²) < 4.78 is 12.9. The molecular formula is C20H24FNO3. The summed E-state index contributed by atoms with van der Waals surface area (Å²) in [7, 11) is 0. The molecule has 0 aliphatic carbocycles. The zero-order valence-electron chi connectivity index (χ0n) is 14.4. The Morgan fingerprint density at radius 3 is 2.36 bits per heavy atom. The maximum absolute atomic E-state index is 12.9. The molecule has 0 fully saturated rings. The highest BCUT2D eigenvalue weighted by molar-refractivity contribution is 5.77. The van der Waals surface area contributed by atoms with Crippen molar-refractivity contribution in [1.29, 1.82) is 0 Å². The van der Waals surface area contributed by atoms with E-state index >= 15 is 0 Å². The molecule has 0 aliphatic heterocycles. The summed E-state index contributed by atoms with van der Waals surface area (Å²) >= 11 is 0. The summed E-state index contributed by atoms with van der Waals surface area (Å²) in [6.45, 7) is 3.38. The largest absolute Gasteiger partial charge is 0.388 e. The third-order valence-electron chi connectivity index (χ3n) is 4.14. The van der Waals surface area contributed by atoms with Crippen molar-refractivity contribution in [1.82, 2.24) is 5.32 Å². The highest BCUT2D eigenvalue weighted by Crippen LogP contribution is 2.24. The van der Waals surface area contributed by atoms with Crippen LogP contribution in [0, 0.1) is 5.82 Å². The van der Waals surface area contributed by atoms with Gasteiger partial charge in [-0.25, -0.2) is 4.39 Å². The van der Waals surface area contributed by atoms with E-state index in [0.29, 0.717) is 17.5 Å². The Balaban J connectivity index is 1.88. The lowest BCUT2D eigenvalue weighted by molar-refractivity contribution is -0.126. The molecule has 3 atom stereocenters. The number of hydrogen-bond donors (Lipinski definition) is 3. The Morgan fingerprint density at radius 1 is 1.16 bits per heavy atom. The van der Waals surface area contributed by atoms with Crippen molar-refractivity contribution in [3.63, 3.8) is 0 Å². The number of rotatable bonds is 7. The monoisotopic (exact) mass is 345 g/mol. The number of aliphatic hydroxyl groups excluding tert-OH is 1. The van der Waals surface area contributed by atoms with Crippen molar-refractivity contribution in [2.75, 3.05) is 0 Å². The lowest BCUT2D eigenvalue weighted by atomic mass is 9.92. The lowest BCUT2D eigenvalue weighted by Gasteiger charge is -2.25. The highest BCUT2D eigenvalue weighted by Gasteiger charge is 2.27. The van der Waals surface area contributed by atoms with E-state index in [2.05, 4.69) is 5.32 Å². The van der Waals surface area contributed by atoms with Crippen molar-refractivity contribution < 1.29 is 19.4 Å². The molecule has 0 heterocycles. The fourth-order valence-corrected chi connectivity index (χ4v) is 2.75. The van der Waals surface area contributed by atoms with Crippen molar-refractivity contribution in [2.45, 2.75) is 44.4 Å². The molecule has 2 aromatic rings. The number of benzene rings is 2. The number of carbonyl (C=O) groups is 1. The second-order valence-electron chi connectivity index (χ2n) is 6.59. The van der Waals surface area contributed by atoms with Gasteiger partial charge in [0, 0.05) is 6.04 Å². The number of hydrogen-bond acceptors (Lipinski definition) is 3. The normalized spacial score (nSPS) is 15.9. The average Bonchev–Trinajstić information content (AvgIpc) is 2.55. The minimum Gasteiger partial charge on any atom is -0.388 e. The molecule has 3 N–H and O–H groups in total. The van der Waals surface area contributed by atoms with Gasteiger partial charge in [-0.15, -0.1) is 0 Å². The van der Waals surface area contributed by atoms with Gasteiger partial charge < -0.3 is 15.5 Å². The Morgan fingerprint density at radius 2 is 1.76 bits per heavy atom. The summed E-state index contributed by atoms with van der Waals surface area (Å²) in [5, 5.41) is 23.5. The second kappa shape index (κ2) is 8.23. The number of carbonyl (C=O) groups excluding carboxylic acids is 1. The predicted molar refractivity (Wildman–Crippen MR) is 94.2 cm³/mol. The molecule has 0 bridgehead atoms. The molecule has 0 saturated carbocycles. The maximum Gasteiger partial charge on any atom is 0.223 e. The quantitative estimate of drug-likeness (QED) is 0.722. The van der Waals surface area contributed by atoms with E-state index in [-0.39, 0.29) is 24.2 Å². The minimum absolute atomic E-state index is 0.0754. The van der Waals surface area contributed by atoms with Gasteiger partial charge in [-0.1, -0.05) is 42.5 Å². The Hall–Kier alpha value is -2.24. The van der Waals surface area contributed by atoms with E-state index in [1.165, 1.54) is 24.3 Å². The topological polar surface area (TPSA) is 69.6 Å². The van der Waals surface area contributed by atoms with Crippen LogP contribution in [0.4, 0.5) is 4.39 Å². The Kier molecular flexibility index (Phi) is 6.28. The van der Waals surface area contributed by atoms with E-state index in [1.807, 2.05) is 18.2 Å². The molecule has 25 heavy (non-hydrogen) atoms. The molecule has 0 saturated heterocycles. The first-order valence-electron chi connectivity index (χ1n) is 8.29. The summed E-state index contributed by atoms with van der Waals surface area (Å²) in [6, 6.07) is 14.3. The number of halogens is 1. The molecule has 1 amide bonds. The zero-order chi connectivity index (χ0) is 18.4. The van der Waals surface area contributed by atoms with Crippen molar-refractivity contribution in [3.8, 4) is 0 Å². The third-order valence-corrected chi connectivity index (χ3v) is 4.14. The van der Waals surface area contributed by atoms with Gasteiger partial charge in [-0.3, -0.25) is 4.79 Å². The van der Waals surface area contributed by atoms with Crippen molar-refractivity contribution in [2.24, 2.45) is 0 Å². The van der Waals surface area contributed by atoms with E-state index in [4.69, 9.17) is 0 Å². The molecule has 0 spiro atoms. The van der Waals surface area contributed by atoms with E-state index in [1.54, 1.807) is 26.0 Å². The highest BCUT2D eigenvalue weighted by atomic mass is 19.1. The minimum atomic E-state index is -1.26. The summed E-state index contributed by atoms with van der Waals surface area (Å²) in [5.41, 5.74) is 0.00335. The van der Waals surface area contributed by atoms with Gasteiger partial charge in [0.2, 0.25) is 5.91 Å². The van der Waals surface area contributed by atoms with Crippen LogP contribution in [0.5, 0.6) is 0 Å². The van der Waals surface area contributed by atoms with Gasteiger partial charge in [0.1, 0.15) is 5.82 Å². The van der Waals surface area contributed by atoms with Crippen LogP contribution in [0.1, 0.15) is 43.9 Å². The van der Waals surface area contributed by atoms with Crippen LogP contribution < -0.4 is 5.32 Å². The molecule has 2 rings (SSSR count). The van der Waals surface area contributed by atoms with Crippen LogP contribution >= 0.6 is 0 Å². The zero-order valence-corrected chi connectivity index (χ0v) is 14.4. The van der Waals surface area contributed by atoms with Gasteiger partial charge in [0.25, 0.3) is 0 Å². The van der Waals surface area contributed by atoms with Gasteiger partial charge >= 0.3 is 0 Å². The average molecular weight is 345 g/mol. The van der Waals surface area contributed by atoms with Crippen LogP contribution in [0.25, 0.3) is 0 Å². The SMILES string of the molecule is CC(CC(O)c1ccc(F)cc1)NC(=O)CC(C)(O)c1ccccc1. The molecule has 0 radical (unpaired) electrons. The molecular weight excluding hydrogens is 321 g/mol. The van der Waals surface area contributed by atoms with Crippen molar-refractivity contribution >= 4 is 5.91 Å². The fraction of sp³-hybridized carbons (Fsp3) is 0.350. The Labute approximate surface area is 147 Å². The number of amides is 1. The van der Waals surface area contributed by atoms with Crippen LogP contribution in [0.15, 0.2) is 54.6 Å². The second-order valence-corrected chi connectivity index (χ2v) is 6.59. The van der Waals surface area contributed by atoms with Crippen LogP contribution in [0.3, 0.4) is 0 Å². The van der Waals surface area contributed by atoms with E-state index < -0.39 is 11.7 Å². The first-order chi connectivity index (χ1) is 11.8. The van der Waals surface area contributed by atoms with Crippen LogP contribution in [0.2, 0.25) is 0 Å². The standard InChI is InChI=1S/C20H24FNO3/c1-14(12-18(23)15-8-10-17(21)11-9-15)22-19(24)13-20(2,25)16-6-4-3-5-7-16/h3-11,14,18,23,25H,12-13H2,1-2H3,(H,22,24). The van der Waals surface area contributed by atoms with E-state index in [0.717, 1.165) is 0 Å². The van der Waals surface area contributed by atoms with Crippen LogP contribution in [-0.4, -0.2) is 22.2 Å². The molecule has 4 nitrogen and oxygen atoms in total. The first-order valence-corrected chi connectivity index (χ1v) is 8.29. The third kappa shape index (κ3) is 5.66. The van der Waals surface area contributed by atoms with Crippen molar-refractivity contribution in [3.05, 3.63) is 71.5 Å².